The summed E-state index contributed by atoms with van der Waals surface area (Å²) in [4.78, 5) is 24.0. The van der Waals surface area contributed by atoms with Gasteiger partial charge in [-0.15, -0.1) is 0 Å². The minimum Gasteiger partial charge on any atom is -0.467 e. The Morgan fingerprint density at radius 3 is 2.38 bits per heavy atom. The van der Waals surface area contributed by atoms with Crippen LogP contribution in [0, 0.1) is 5.41 Å². The number of hydrogen-bond acceptors (Lipinski definition) is 4. The highest BCUT2D eigenvalue weighted by atomic mass is 35.5. The maximum atomic E-state index is 11.4. The first-order valence-electron chi connectivity index (χ1n) is 4.96. The Hall–Kier alpha value is -0.810. The van der Waals surface area contributed by atoms with Gasteiger partial charge in [-0.05, 0) is 11.6 Å². The van der Waals surface area contributed by atoms with E-state index in [9.17, 15) is 9.59 Å². The van der Waals surface area contributed by atoms with Gasteiger partial charge in [0.15, 0.2) is 6.04 Å². The number of esters is 1. The van der Waals surface area contributed by atoms with Crippen LogP contribution in [-0.4, -0.2) is 42.2 Å². The van der Waals surface area contributed by atoms with E-state index in [1.807, 2.05) is 20.8 Å². The summed E-state index contributed by atoms with van der Waals surface area (Å²) in [6.07, 6.45) is -0.512. The summed E-state index contributed by atoms with van der Waals surface area (Å²) < 4.78 is 10.1. The average molecular weight is 250 g/mol. The van der Waals surface area contributed by atoms with E-state index in [0.29, 0.717) is 0 Å². The number of hydrogen-bond donors (Lipinski definition) is 0. The lowest BCUT2D eigenvalue weighted by Crippen LogP contribution is -2.48. The van der Waals surface area contributed by atoms with Crippen LogP contribution in [0.2, 0.25) is 0 Å². The third-order valence-electron chi connectivity index (χ3n) is 2.42. The predicted molar refractivity (Wildman–Crippen MR) is 58.1 cm³/mol. The summed E-state index contributed by atoms with van der Waals surface area (Å²) in [5.41, 5.74) is -0.312. The first kappa shape index (κ1) is 13.3. The first-order chi connectivity index (χ1) is 7.29. The molecule has 0 bridgehead atoms. The average Bonchev–Trinajstić information content (AvgIpc) is 2.59. The second-order valence-corrected chi connectivity index (χ2v) is 5.07. The van der Waals surface area contributed by atoms with E-state index in [1.54, 1.807) is 0 Å². The molecule has 0 aliphatic carbocycles. The zero-order valence-electron chi connectivity index (χ0n) is 9.82. The van der Waals surface area contributed by atoms with E-state index in [-0.39, 0.29) is 12.0 Å². The highest BCUT2D eigenvalue weighted by molar-refractivity contribution is 6.63. The van der Waals surface area contributed by atoms with Gasteiger partial charge in [-0.25, -0.2) is 4.79 Å². The molecule has 92 valence electrons. The third-order valence-corrected chi connectivity index (χ3v) is 2.61. The molecule has 1 saturated heterocycles. The largest absolute Gasteiger partial charge is 0.467 e. The molecule has 0 saturated carbocycles. The zero-order chi connectivity index (χ0) is 12.5. The Kier molecular flexibility index (Phi) is 3.80. The quantitative estimate of drug-likeness (QED) is 0.402. The summed E-state index contributed by atoms with van der Waals surface area (Å²) in [5.74, 6) is -0.513. The minimum atomic E-state index is -0.751. The van der Waals surface area contributed by atoms with Crippen molar-refractivity contribution in [1.29, 1.82) is 0 Å². The Labute approximate surface area is 99.6 Å². The molecule has 16 heavy (non-hydrogen) atoms. The van der Waals surface area contributed by atoms with E-state index in [1.165, 1.54) is 12.0 Å². The molecule has 2 atom stereocenters. The summed E-state index contributed by atoms with van der Waals surface area (Å²) in [5, 5.41) is -0.701. The topological polar surface area (TPSA) is 55.8 Å². The Bertz CT molecular complexity index is 300. The van der Waals surface area contributed by atoms with Gasteiger partial charge in [-0.3, -0.25) is 9.69 Å². The number of methoxy groups -OCH3 is 1. The van der Waals surface area contributed by atoms with Gasteiger partial charge in [-0.2, -0.15) is 0 Å². The molecule has 1 aliphatic rings. The number of carbonyl (C=O) groups is 2. The minimum absolute atomic E-state index is 0.118. The van der Waals surface area contributed by atoms with Crippen LogP contribution in [0.4, 0.5) is 4.79 Å². The molecule has 1 fully saturated rings. The normalized spacial score (nSPS) is 25.7. The molecule has 6 heteroatoms. The molecule has 0 aromatic heterocycles. The number of ether oxygens (including phenoxy) is 2. The lowest BCUT2D eigenvalue weighted by molar-refractivity contribution is -0.145. The maximum absolute atomic E-state index is 11.4. The van der Waals surface area contributed by atoms with Crippen LogP contribution in [0.1, 0.15) is 20.8 Å². The number of amides is 1. The smallest absolute Gasteiger partial charge is 0.331 e. The van der Waals surface area contributed by atoms with Crippen LogP contribution in [0.25, 0.3) is 0 Å². The van der Waals surface area contributed by atoms with Crippen LogP contribution >= 0.6 is 11.6 Å². The van der Waals surface area contributed by atoms with Crippen molar-refractivity contribution in [3.8, 4) is 0 Å². The van der Waals surface area contributed by atoms with Crippen LogP contribution in [0.5, 0.6) is 0 Å². The van der Waals surface area contributed by atoms with E-state index in [2.05, 4.69) is 4.74 Å². The standard InChI is InChI=1S/C10H16ClNO4/c1-10(2,3)8-12(9(11)14)6(5-16-8)7(13)15-4/h6,8H,5H2,1-4H3/t6-,8+/m1/s1. The van der Waals surface area contributed by atoms with Crippen molar-refractivity contribution in [2.45, 2.75) is 33.0 Å². The van der Waals surface area contributed by atoms with Gasteiger partial charge in [0, 0.05) is 5.41 Å². The molecular weight excluding hydrogens is 234 g/mol. The highest BCUT2D eigenvalue weighted by Gasteiger charge is 2.47. The maximum Gasteiger partial charge on any atom is 0.331 e. The third kappa shape index (κ3) is 2.47. The van der Waals surface area contributed by atoms with Gasteiger partial charge in [0.2, 0.25) is 0 Å². The Balaban J connectivity index is 2.94. The van der Waals surface area contributed by atoms with Crippen molar-refractivity contribution in [2.75, 3.05) is 13.7 Å². The van der Waals surface area contributed by atoms with Crippen LogP contribution in [-0.2, 0) is 14.3 Å². The van der Waals surface area contributed by atoms with Crippen molar-refractivity contribution in [1.82, 2.24) is 4.90 Å². The number of carbonyl (C=O) groups excluding carboxylic acids is 2. The van der Waals surface area contributed by atoms with E-state index >= 15 is 0 Å². The highest BCUT2D eigenvalue weighted by Crippen LogP contribution is 2.32. The molecule has 0 aromatic carbocycles. The molecule has 0 N–H and O–H groups in total. The number of nitrogens with zero attached hydrogens (tertiary/aromatic N) is 1. The number of rotatable bonds is 1. The molecular formula is C10H16ClNO4. The molecule has 5 nitrogen and oxygen atoms in total. The fourth-order valence-corrected chi connectivity index (χ4v) is 1.91. The predicted octanol–water partition coefficient (Wildman–Crippen LogP) is 1.59. The van der Waals surface area contributed by atoms with Crippen LogP contribution in [0.3, 0.4) is 0 Å². The Morgan fingerprint density at radius 1 is 1.44 bits per heavy atom. The monoisotopic (exact) mass is 249 g/mol. The molecule has 1 rings (SSSR count). The second kappa shape index (κ2) is 4.59. The van der Waals surface area contributed by atoms with E-state index in [4.69, 9.17) is 16.3 Å². The van der Waals surface area contributed by atoms with Crippen LogP contribution in [0.15, 0.2) is 0 Å². The molecule has 0 unspecified atom stereocenters. The molecule has 1 aliphatic heterocycles. The summed E-state index contributed by atoms with van der Waals surface area (Å²) in [7, 11) is 1.27. The Morgan fingerprint density at radius 2 is 2.00 bits per heavy atom. The molecule has 0 spiro atoms. The molecule has 1 amide bonds. The van der Waals surface area contributed by atoms with E-state index in [0.717, 1.165) is 0 Å². The zero-order valence-corrected chi connectivity index (χ0v) is 10.6. The lowest BCUT2D eigenvalue weighted by Gasteiger charge is -2.33. The SMILES string of the molecule is COC(=O)[C@H]1CO[C@@H](C(C)(C)C)N1C(=O)Cl. The van der Waals surface area contributed by atoms with Crippen molar-refractivity contribution in [3.05, 3.63) is 0 Å². The van der Waals surface area contributed by atoms with Gasteiger partial charge < -0.3 is 9.47 Å². The van der Waals surface area contributed by atoms with Crippen molar-refractivity contribution in [3.63, 3.8) is 0 Å². The number of halogens is 1. The molecule has 1 heterocycles. The fraction of sp³-hybridized carbons (Fsp3) is 0.800. The lowest BCUT2D eigenvalue weighted by atomic mass is 9.93. The van der Waals surface area contributed by atoms with Crippen molar-refractivity contribution in [2.24, 2.45) is 5.41 Å². The van der Waals surface area contributed by atoms with Gasteiger partial charge in [0.25, 0.3) is 0 Å². The summed E-state index contributed by atoms with van der Waals surface area (Å²) in [6.45, 7) is 5.84. The first-order valence-corrected chi connectivity index (χ1v) is 5.34. The van der Waals surface area contributed by atoms with Gasteiger partial charge in [-0.1, -0.05) is 20.8 Å². The van der Waals surface area contributed by atoms with Gasteiger partial charge in [0.1, 0.15) is 6.23 Å². The molecule has 0 radical (unpaired) electrons. The van der Waals surface area contributed by atoms with Gasteiger partial charge in [0.05, 0.1) is 13.7 Å². The van der Waals surface area contributed by atoms with Gasteiger partial charge >= 0.3 is 11.3 Å². The van der Waals surface area contributed by atoms with Crippen molar-refractivity contribution >= 4 is 22.9 Å². The molecule has 0 aromatic rings. The van der Waals surface area contributed by atoms with Crippen LogP contribution < -0.4 is 0 Å². The second-order valence-electron chi connectivity index (χ2n) is 4.75. The fourth-order valence-electron chi connectivity index (χ4n) is 1.71. The van der Waals surface area contributed by atoms with E-state index < -0.39 is 23.6 Å². The summed E-state index contributed by atoms with van der Waals surface area (Å²) >= 11 is 5.48. The summed E-state index contributed by atoms with van der Waals surface area (Å²) in [6, 6.07) is -0.751. The van der Waals surface area contributed by atoms with Crippen molar-refractivity contribution < 1.29 is 19.1 Å².